The van der Waals surface area contributed by atoms with Gasteiger partial charge in [-0.3, -0.25) is 9.59 Å². The van der Waals surface area contributed by atoms with Crippen molar-refractivity contribution in [1.29, 1.82) is 0 Å². The Morgan fingerprint density at radius 3 is 2.82 bits per heavy atom. The van der Waals surface area contributed by atoms with E-state index in [9.17, 15) is 9.59 Å². The minimum absolute atomic E-state index is 0.0289. The summed E-state index contributed by atoms with van der Waals surface area (Å²) in [7, 11) is 0. The highest BCUT2D eigenvalue weighted by Gasteiger charge is 2.20. The van der Waals surface area contributed by atoms with E-state index >= 15 is 0 Å². The van der Waals surface area contributed by atoms with Crippen molar-refractivity contribution in [3.05, 3.63) is 76.1 Å². The second-order valence-electron chi connectivity index (χ2n) is 8.29. The number of hydrogen-bond acceptors (Lipinski definition) is 6. The van der Waals surface area contributed by atoms with E-state index in [0.29, 0.717) is 34.9 Å². The molecule has 2 amide bonds. The van der Waals surface area contributed by atoms with Crippen LogP contribution in [0.3, 0.4) is 0 Å². The lowest BCUT2D eigenvalue weighted by molar-refractivity contribution is 0.0923. The van der Waals surface area contributed by atoms with Gasteiger partial charge in [-0.05, 0) is 55.6 Å². The summed E-state index contributed by atoms with van der Waals surface area (Å²) in [5.74, 6) is -0.519. The molecule has 34 heavy (non-hydrogen) atoms. The first kappa shape index (κ1) is 23.7. The van der Waals surface area contributed by atoms with E-state index in [0.717, 1.165) is 30.5 Å². The van der Waals surface area contributed by atoms with Gasteiger partial charge in [0, 0.05) is 35.3 Å². The number of aromatic nitrogens is 2. The Morgan fingerprint density at radius 1 is 1.21 bits per heavy atom. The van der Waals surface area contributed by atoms with Gasteiger partial charge >= 0.3 is 0 Å². The summed E-state index contributed by atoms with van der Waals surface area (Å²) in [6.07, 6.45) is 3.40. The zero-order valence-electron chi connectivity index (χ0n) is 18.9. The van der Waals surface area contributed by atoms with Crippen molar-refractivity contribution in [3.8, 4) is 11.3 Å². The highest BCUT2D eigenvalue weighted by atomic mass is 35.5. The third kappa shape index (κ3) is 5.52. The van der Waals surface area contributed by atoms with Crippen LogP contribution in [0.4, 0.5) is 5.82 Å². The smallest absolute Gasteiger partial charge is 0.274 e. The molecule has 1 fully saturated rings. The molecule has 5 N–H and O–H groups in total. The van der Waals surface area contributed by atoms with Gasteiger partial charge in [0.25, 0.3) is 11.8 Å². The third-order valence-electron chi connectivity index (χ3n) is 5.89. The molecule has 176 valence electrons. The number of benzene rings is 2. The van der Waals surface area contributed by atoms with Crippen LogP contribution in [-0.4, -0.2) is 40.9 Å². The van der Waals surface area contributed by atoms with Gasteiger partial charge in [-0.15, -0.1) is 0 Å². The molecule has 0 saturated carbocycles. The van der Waals surface area contributed by atoms with Gasteiger partial charge in [0.15, 0.2) is 11.5 Å². The summed E-state index contributed by atoms with van der Waals surface area (Å²) in [4.78, 5) is 34.2. The van der Waals surface area contributed by atoms with Gasteiger partial charge in [0.2, 0.25) is 0 Å². The number of piperidine rings is 1. The molecular weight excluding hydrogens is 452 g/mol. The normalized spacial score (nSPS) is 15.5. The lowest BCUT2D eigenvalue weighted by atomic mass is 10.1. The number of nitrogens with one attached hydrogen (secondary N) is 3. The fraction of sp³-hybridized carbons (Fsp3) is 0.280. The molecule has 1 aromatic heterocycles. The number of rotatable bonds is 6. The van der Waals surface area contributed by atoms with Crippen molar-refractivity contribution < 1.29 is 9.59 Å². The predicted octanol–water partition coefficient (Wildman–Crippen LogP) is 3.10. The molecule has 1 atom stereocenters. The predicted molar refractivity (Wildman–Crippen MR) is 133 cm³/mol. The second-order valence-corrected chi connectivity index (χ2v) is 8.70. The van der Waals surface area contributed by atoms with Crippen LogP contribution < -0.4 is 21.7 Å². The average Bonchev–Trinajstić information content (AvgIpc) is 2.85. The number of nitrogens with two attached hydrogens (primary N) is 1. The van der Waals surface area contributed by atoms with Crippen LogP contribution in [0.15, 0.2) is 48.7 Å². The van der Waals surface area contributed by atoms with E-state index in [2.05, 4.69) is 25.9 Å². The number of nitrogen functional groups attached to an aromatic ring is 1. The first-order chi connectivity index (χ1) is 16.4. The first-order valence-corrected chi connectivity index (χ1v) is 11.6. The molecule has 4 rings (SSSR count). The quantitative estimate of drug-likeness (QED) is 0.432. The Kier molecular flexibility index (Phi) is 7.40. The Bertz CT molecular complexity index is 1210. The molecule has 2 aromatic carbocycles. The zero-order valence-corrected chi connectivity index (χ0v) is 19.7. The number of halogens is 1. The molecule has 1 saturated heterocycles. The maximum Gasteiger partial charge on any atom is 0.274 e. The topological polar surface area (TPSA) is 122 Å². The van der Waals surface area contributed by atoms with E-state index in [1.807, 2.05) is 31.2 Å². The summed E-state index contributed by atoms with van der Waals surface area (Å²) in [6, 6.07) is 12.6. The number of carbonyl (C=O) groups is 2. The van der Waals surface area contributed by atoms with Crippen molar-refractivity contribution in [2.75, 3.05) is 18.8 Å². The largest absolute Gasteiger partial charge is 0.382 e. The van der Waals surface area contributed by atoms with Gasteiger partial charge in [-0.1, -0.05) is 35.9 Å². The van der Waals surface area contributed by atoms with Crippen LogP contribution in [0, 0.1) is 6.92 Å². The van der Waals surface area contributed by atoms with Crippen molar-refractivity contribution in [2.24, 2.45) is 0 Å². The van der Waals surface area contributed by atoms with Crippen LogP contribution in [0.25, 0.3) is 11.3 Å². The molecule has 8 nitrogen and oxygen atoms in total. The van der Waals surface area contributed by atoms with Gasteiger partial charge in [-0.2, -0.15) is 0 Å². The summed E-state index contributed by atoms with van der Waals surface area (Å²) in [5, 5.41) is 9.81. The average molecular weight is 479 g/mol. The number of carbonyl (C=O) groups excluding carboxylic acids is 2. The van der Waals surface area contributed by atoms with E-state index in [-0.39, 0.29) is 29.4 Å². The van der Waals surface area contributed by atoms with Gasteiger partial charge < -0.3 is 21.7 Å². The molecule has 9 heteroatoms. The highest BCUT2D eigenvalue weighted by molar-refractivity contribution is 6.31. The summed E-state index contributed by atoms with van der Waals surface area (Å²) in [6.45, 7) is 3.94. The van der Waals surface area contributed by atoms with Crippen LogP contribution in [-0.2, 0) is 6.54 Å². The summed E-state index contributed by atoms with van der Waals surface area (Å²) < 4.78 is 0. The maximum atomic E-state index is 12.8. The molecule has 3 aromatic rings. The van der Waals surface area contributed by atoms with E-state index in [1.165, 1.54) is 6.20 Å². The minimum atomic E-state index is -0.355. The molecule has 0 spiro atoms. The fourth-order valence-corrected chi connectivity index (χ4v) is 4.07. The van der Waals surface area contributed by atoms with E-state index in [1.54, 1.807) is 18.2 Å². The van der Waals surface area contributed by atoms with Crippen LogP contribution >= 0.6 is 11.6 Å². The standard InChI is InChI=1S/C25H27ClN6O2/c1-15-18(7-3-9-20(15)26)12-30-24(33)17-6-2-5-16(11-17)21-14-29-23(27)22(32-21)25(34)31-19-8-4-10-28-13-19/h2-3,5-7,9,11,14,19,28H,4,8,10,12-13H2,1H3,(H2,27,29)(H,30,33)(H,31,34)/t19-/m0/s1. The lowest BCUT2D eigenvalue weighted by Gasteiger charge is -2.23. The van der Waals surface area contributed by atoms with Crippen molar-refractivity contribution in [3.63, 3.8) is 0 Å². The van der Waals surface area contributed by atoms with Crippen molar-refractivity contribution >= 4 is 29.2 Å². The number of anilines is 1. The Balaban J connectivity index is 1.49. The molecule has 2 heterocycles. The number of hydrogen-bond donors (Lipinski definition) is 4. The second kappa shape index (κ2) is 10.6. The Hall–Kier alpha value is -3.49. The zero-order chi connectivity index (χ0) is 24.1. The summed E-state index contributed by atoms with van der Waals surface area (Å²) in [5.41, 5.74) is 9.50. The van der Waals surface area contributed by atoms with E-state index in [4.69, 9.17) is 17.3 Å². The fourth-order valence-electron chi connectivity index (χ4n) is 3.87. The number of nitrogens with zero attached hydrogens (tertiary/aromatic N) is 2. The molecular formula is C25H27ClN6O2. The van der Waals surface area contributed by atoms with E-state index < -0.39 is 0 Å². The Labute approximate surface area is 203 Å². The Morgan fingerprint density at radius 2 is 2.03 bits per heavy atom. The van der Waals surface area contributed by atoms with Crippen molar-refractivity contribution in [1.82, 2.24) is 25.9 Å². The molecule has 0 aliphatic carbocycles. The van der Waals surface area contributed by atoms with Crippen LogP contribution in [0.2, 0.25) is 5.02 Å². The summed E-state index contributed by atoms with van der Waals surface area (Å²) >= 11 is 6.17. The lowest BCUT2D eigenvalue weighted by Crippen LogP contribution is -2.46. The molecule has 0 bridgehead atoms. The molecule has 1 aliphatic rings. The molecule has 1 aliphatic heterocycles. The van der Waals surface area contributed by atoms with Gasteiger partial charge in [-0.25, -0.2) is 9.97 Å². The molecule has 0 unspecified atom stereocenters. The van der Waals surface area contributed by atoms with Crippen molar-refractivity contribution in [2.45, 2.75) is 32.4 Å². The minimum Gasteiger partial charge on any atom is -0.382 e. The first-order valence-electron chi connectivity index (χ1n) is 11.2. The molecule has 0 radical (unpaired) electrons. The van der Waals surface area contributed by atoms with Crippen LogP contribution in [0.1, 0.15) is 44.8 Å². The van der Waals surface area contributed by atoms with Crippen LogP contribution in [0.5, 0.6) is 0 Å². The van der Waals surface area contributed by atoms with Gasteiger partial charge in [0.05, 0.1) is 11.9 Å². The number of amides is 2. The highest BCUT2D eigenvalue weighted by Crippen LogP contribution is 2.21. The monoisotopic (exact) mass is 478 g/mol. The maximum absolute atomic E-state index is 12.8. The SMILES string of the molecule is Cc1c(Cl)cccc1CNC(=O)c1cccc(-c2cnc(N)c(C(=O)N[C@H]3CCCNC3)n2)c1. The van der Waals surface area contributed by atoms with Gasteiger partial charge in [0.1, 0.15) is 0 Å². The third-order valence-corrected chi connectivity index (χ3v) is 6.30.